The van der Waals surface area contributed by atoms with Crippen LogP contribution in [0.25, 0.3) is 0 Å². The summed E-state index contributed by atoms with van der Waals surface area (Å²) in [4.78, 5) is 0. The van der Waals surface area contributed by atoms with Crippen molar-refractivity contribution in [3.8, 4) is 11.5 Å². The zero-order valence-electron chi connectivity index (χ0n) is 11.9. The van der Waals surface area contributed by atoms with Crippen molar-refractivity contribution < 1.29 is 14.6 Å². The number of aliphatic hydroxyl groups excluding tert-OH is 1. The largest absolute Gasteiger partial charge is 0.493 e. The van der Waals surface area contributed by atoms with E-state index in [-0.39, 0.29) is 6.61 Å². The summed E-state index contributed by atoms with van der Waals surface area (Å²) < 4.78 is 11.1. The molecular weight excluding hydrogens is 242 g/mol. The summed E-state index contributed by atoms with van der Waals surface area (Å²) in [5.74, 6) is 1.58. The number of methoxy groups -OCH3 is 1. The number of rotatable bonds is 10. The molecule has 19 heavy (non-hydrogen) atoms. The van der Waals surface area contributed by atoms with E-state index in [9.17, 15) is 0 Å². The van der Waals surface area contributed by atoms with Gasteiger partial charge in [0.15, 0.2) is 11.5 Å². The molecule has 0 aliphatic carbocycles. The monoisotopic (exact) mass is 267 g/mol. The topological polar surface area (TPSA) is 50.7 Å². The maximum absolute atomic E-state index is 8.70. The molecule has 0 spiro atoms. The summed E-state index contributed by atoms with van der Waals surface area (Å²) >= 11 is 0. The molecule has 1 aromatic rings. The highest BCUT2D eigenvalue weighted by atomic mass is 16.5. The zero-order valence-corrected chi connectivity index (χ0v) is 11.9. The summed E-state index contributed by atoms with van der Waals surface area (Å²) in [5.41, 5.74) is 1.18. The van der Waals surface area contributed by atoms with Crippen LogP contribution < -0.4 is 14.8 Å². The quantitative estimate of drug-likeness (QED) is 0.639. The highest BCUT2D eigenvalue weighted by Crippen LogP contribution is 2.28. The first-order chi connectivity index (χ1) is 9.31. The van der Waals surface area contributed by atoms with E-state index in [2.05, 4.69) is 5.32 Å². The standard InChI is InChI=1S/C15H25NO3/c1-16-12-13-7-8-14(18-2)15(11-13)19-10-6-4-3-5-9-17/h7-8,11,16-17H,3-6,9-10,12H2,1-2H3. The van der Waals surface area contributed by atoms with Crippen LogP contribution in [0.1, 0.15) is 31.2 Å². The molecule has 0 heterocycles. The maximum atomic E-state index is 8.70. The van der Waals surface area contributed by atoms with Gasteiger partial charge in [-0.25, -0.2) is 0 Å². The Morgan fingerprint density at radius 3 is 2.58 bits per heavy atom. The fraction of sp³-hybridized carbons (Fsp3) is 0.600. The Hall–Kier alpha value is -1.26. The smallest absolute Gasteiger partial charge is 0.161 e. The van der Waals surface area contributed by atoms with E-state index in [0.29, 0.717) is 6.61 Å². The third kappa shape index (κ3) is 5.94. The normalized spacial score (nSPS) is 10.5. The highest BCUT2D eigenvalue weighted by molar-refractivity contribution is 5.42. The fourth-order valence-electron chi connectivity index (χ4n) is 1.90. The molecule has 0 saturated carbocycles. The number of hydrogen-bond donors (Lipinski definition) is 2. The molecule has 108 valence electrons. The van der Waals surface area contributed by atoms with Gasteiger partial charge in [0.1, 0.15) is 0 Å². The predicted octanol–water partition coefficient (Wildman–Crippen LogP) is 2.35. The molecule has 0 saturated heterocycles. The van der Waals surface area contributed by atoms with E-state index in [1.165, 1.54) is 5.56 Å². The lowest BCUT2D eigenvalue weighted by Gasteiger charge is -2.12. The Kier molecular flexibility index (Phi) is 8.02. The molecule has 0 aromatic heterocycles. The molecule has 0 aliphatic heterocycles. The summed E-state index contributed by atoms with van der Waals surface area (Å²) in [5, 5.41) is 11.8. The molecule has 0 fully saturated rings. The molecule has 0 aliphatic rings. The van der Waals surface area contributed by atoms with E-state index >= 15 is 0 Å². The van der Waals surface area contributed by atoms with Gasteiger partial charge in [-0.1, -0.05) is 12.5 Å². The van der Waals surface area contributed by atoms with Gasteiger partial charge in [0.2, 0.25) is 0 Å². The number of ether oxygens (including phenoxy) is 2. The number of nitrogens with one attached hydrogen (secondary N) is 1. The van der Waals surface area contributed by atoms with Crippen molar-refractivity contribution in [2.75, 3.05) is 27.4 Å². The Labute approximate surface area is 115 Å². The Balaban J connectivity index is 2.43. The van der Waals surface area contributed by atoms with Crippen molar-refractivity contribution in [3.63, 3.8) is 0 Å². The van der Waals surface area contributed by atoms with Gasteiger partial charge in [0.25, 0.3) is 0 Å². The van der Waals surface area contributed by atoms with Crippen molar-refractivity contribution in [1.29, 1.82) is 0 Å². The number of benzene rings is 1. The van der Waals surface area contributed by atoms with Crippen molar-refractivity contribution in [1.82, 2.24) is 5.32 Å². The SMILES string of the molecule is CNCc1ccc(OC)c(OCCCCCCO)c1. The van der Waals surface area contributed by atoms with Crippen molar-refractivity contribution in [2.45, 2.75) is 32.2 Å². The molecule has 4 nitrogen and oxygen atoms in total. The number of aliphatic hydroxyl groups is 1. The van der Waals surface area contributed by atoms with E-state index in [1.807, 2.05) is 25.2 Å². The first-order valence-corrected chi connectivity index (χ1v) is 6.87. The summed E-state index contributed by atoms with van der Waals surface area (Å²) in [7, 11) is 3.58. The molecule has 0 radical (unpaired) electrons. The molecule has 0 amide bonds. The predicted molar refractivity (Wildman–Crippen MR) is 76.8 cm³/mol. The van der Waals surface area contributed by atoms with Gasteiger partial charge in [-0.05, 0) is 44.0 Å². The Bertz CT molecular complexity index is 355. The maximum Gasteiger partial charge on any atom is 0.161 e. The minimum Gasteiger partial charge on any atom is -0.493 e. The first-order valence-electron chi connectivity index (χ1n) is 6.87. The summed E-state index contributed by atoms with van der Waals surface area (Å²) in [6, 6.07) is 5.99. The van der Waals surface area contributed by atoms with Crippen LogP contribution >= 0.6 is 0 Å². The molecule has 2 N–H and O–H groups in total. The Morgan fingerprint density at radius 1 is 1.11 bits per heavy atom. The second-order valence-corrected chi connectivity index (χ2v) is 4.50. The van der Waals surface area contributed by atoms with E-state index in [1.54, 1.807) is 7.11 Å². The van der Waals surface area contributed by atoms with Crippen molar-refractivity contribution in [2.24, 2.45) is 0 Å². The van der Waals surface area contributed by atoms with E-state index in [4.69, 9.17) is 14.6 Å². The molecule has 0 unspecified atom stereocenters. The second-order valence-electron chi connectivity index (χ2n) is 4.50. The van der Waals surface area contributed by atoms with Gasteiger partial charge in [0.05, 0.1) is 13.7 Å². The van der Waals surface area contributed by atoms with Gasteiger partial charge in [0, 0.05) is 13.2 Å². The Morgan fingerprint density at radius 2 is 1.89 bits per heavy atom. The van der Waals surface area contributed by atoms with Gasteiger partial charge >= 0.3 is 0 Å². The van der Waals surface area contributed by atoms with Gasteiger partial charge < -0.3 is 19.9 Å². The minimum absolute atomic E-state index is 0.279. The van der Waals surface area contributed by atoms with Crippen molar-refractivity contribution in [3.05, 3.63) is 23.8 Å². The van der Waals surface area contributed by atoms with Crippen LogP contribution in [-0.2, 0) is 6.54 Å². The third-order valence-electron chi connectivity index (χ3n) is 2.92. The highest BCUT2D eigenvalue weighted by Gasteiger charge is 2.05. The zero-order chi connectivity index (χ0) is 13.9. The average Bonchev–Trinajstić information content (AvgIpc) is 2.43. The third-order valence-corrected chi connectivity index (χ3v) is 2.92. The van der Waals surface area contributed by atoms with Gasteiger partial charge in [-0.3, -0.25) is 0 Å². The lowest BCUT2D eigenvalue weighted by Crippen LogP contribution is -2.06. The minimum atomic E-state index is 0.279. The molecule has 0 atom stereocenters. The first kappa shape index (κ1) is 15.8. The summed E-state index contributed by atoms with van der Waals surface area (Å²) in [6.45, 7) is 1.78. The van der Waals surface area contributed by atoms with Crippen LogP contribution in [-0.4, -0.2) is 32.5 Å². The van der Waals surface area contributed by atoms with E-state index < -0.39 is 0 Å². The number of unbranched alkanes of at least 4 members (excludes halogenated alkanes) is 3. The van der Waals surface area contributed by atoms with E-state index in [0.717, 1.165) is 43.7 Å². The van der Waals surface area contributed by atoms with Crippen molar-refractivity contribution >= 4 is 0 Å². The van der Waals surface area contributed by atoms with Crippen LogP contribution in [0.4, 0.5) is 0 Å². The lowest BCUT2D eigenvalue weighted by atomic mass is 10.2. The van der Waals surface area contributed by atoms with Crippen LogP contribution in [0.15, 0.2) is 18.2 Å². The van der Waals surface area contributed by atoms with Gasteiger partial charge in [-0.15, -0.1) is 0 Å². The number of hydrogen-bond acceptors (Lipinski definition) is 4. The van der Waals surface area contributed by atoms with Crippen LogP contribution in [0.5, 0.6) is 11.5 Å². The summed E-state index contributed by atoms with van der Waals surface area (Å²) in [6.07, 6.45) is 4.01. The average molecular weight is 267 g/mol. The van der Waals surface area contributed by atoms with Gasteiger partial charge in [-0.2, -0.15) is 0 Å². The van der Waals surface area contributed by atoms with Crippen LogP contribution in [0.2, 0.25) is 0 Å². The lowest BCUT2D eigenvalue weighted by molar-refractivity contribution is 0.268. The van der Waals surface area contributed by atoms with Crippen LogP contribution in [0, 0.1) is 0 Å². The molecule has 1 rings (SSSR count). The van der Waals surface area contributed by atoms with Crippen LogP contribution in [0.3, 0.4) is 0 Å². The molecule has 4 heteroatoms. The molecular formula is C15H25NO3. The molecule has 0 bridgehead atoms. The molecule has 1 aromatic carbocycles. The second kappa shape index (κ2) is 9.64. The fourth-order valence-corrected chi connectivity index (χ4v) is 1.90.